The van der Waals surface area contributed by atoms with Crippen LogP contribution in [0.4, 0.5) is 0 Å². The molecule has 76 valence electrons. The smallest absolute Gasteiger partial charge is 0.333 e. The van der Waals surface area contributed by atoms with Gasteiger partial charge in [0.15, 0.2) is 0 Å². The zero-order valence-corrected chi connectivity index (χ0v) is 8.11. The normalized spacial score (nSPS) is 33.6. The largest absolute Gasteiger partial charge is 0.423 e. The van der Waals surface area contributed by atoms with Crippen LogP contribution < -0.4 is 0 Å². The molecule has 0 fully saturated rings. The lowest BCUT2D eigenvalue weighted by molar-refractivity contribution is -0.239. The fourth-order valence-electron chi connectivity index (χ4n) is 1.76. The first kappa shape index (κ1) is 9.43. The van der Waals surface area contributed by atoms with Gasteiger partial charge in [0.05, 0.1) is 5.60 Å². The summed E-state index contributed by atoms with van der Waals surface area (Å²) in [5.41, 5.74) is 0.178. The second-order valence-corrected chi connectivity index (χ2v) is 3.97. The van der Waals surface area contributed by atoms with Crippen molar-refractivity contribution in [3.63, 3.8) is 0 Å². The maximum absolute atomic E-state index is 11.1. The van der Waals surface area contributed by atoms with E-state index in [1.807, 2.05) is 19.9 Å². The molecule has 1 unspecified atom stereocenters. The third kappa shape index (κ3) is 1.27. The van der Waals surface area contributed by atoms with Crippen molar-refractivity contribution < 1.29 is 19.4 Å². The van der Waals surface area contributed by atoms with Crippen LogP contribution in [0, 0.1) is 0 Å². The maximum Gasteiger partial charge on any atom is 0.333 e. The van der Waals surface area contributed by atoms with Gasteiger partial charge in [0, 0.05) is 11.6 Å². The molecule has 4 heteroatoms. The molecule has 0 bridgehead atoms. The number of carbonyl (C=O) groups is 1. The summed E-state index contributed by atoms with van der Waals surface area (Å²) in [5, 5.41) is 9.22. The van der Waals surface area contributed by atoms with Crippen molar-refractivity contribution >= 4 is 5.97 Å². The van der Waals surface area contributed by atoms with Crippen molar-refractivity contribution in [1.29, 1.82) is 0 Å². The molecule has 0 saturated heterocycles. The number of hydrogen-bond acceptors (Lipinski definition) is 4. The highest BCUT2D eigenvalue weighted by atomic mass is 16.7. The minimum absolute atomic E-state index is 0.363. The van der Waals surface area contributed by atoms with Crippen molar-refractivity contribution in [1.82, 2.24) is 0 Å². The molecule has 0 aromatic rings. The van der Waals surface area contributed by atoms with E-state index < -0.39 is 17.4 Å². The third-order valence-electron chi connectivity index (χ3n) is 2.24. The summed E-state index contributed by atoms with van der Waals surface area (Å²) in [4.78, 5) is 11.1. The molecule has 0 aliphatic carbocycles. The van der Waals surface area contributed by atoms with E-state index in [0.717, 1.165) is 0 Å². The maximum atomic E-state index is 11.1. The van der Waals surface area contributed by atoms with Crippen molar-refractivity contribution in [3.8, 4) is 0 Å². The molecule has 4 nitrogen and oxygen atoms in total. The first-order valence-corrected chi connectivity index (χ1v) is 4.43. The Morgan fingerprint density at radius 3 is 2.79 bits per heavy atom. The number of rotatable bonds is 1. The summed E-state index contributed by atoms with van der Waals surface area (Å²) in [7, 11) is 0. The van der Waals surface area contributed by atoms with Crippen LogP contribution in [0.1, 0.15) is 13.8 Å². The monoisotopic (exact) mass is 196 g/mol. The molecule has 0 aromatic heterocycles. The Morgan fingerprint density at radius 2 is 2.14 bits per heavy atom. The highest BCUT2D eigenvalue weighted by Gasteiger charge is 2.49. The molecule has 0 amide bonds. The van der Waals surface area contributed by atoms with Crippen molar-refractivity contribution in [2.45, 2.75) is 25.2 Å². The summed E-state index contributed by atoms with van der Waals surface area (Å²) in [6, 6.07) is 0. The number of hydrogen-bond donors (Lipinski definition) is 1. The van der Waals surface area contributed by atoms with Crippen LogP contribution in [0.2, 0.25) is 0 Å². The molecule has 0 radical (unpaired) electrons. The summed E-state index contributed by atoms with van der Waals surface area (Å²) >= 11 is 0. The van der Waals surface area contributed by atoms with E-state index >= 15 is 0 Å². The quantitative estimate of drug-likeness (QED) is 0.621. The van der Waals surface area contributed by atoms with Crippen LogP contribution in [0.25, 0.3) is 0 Å². The number of ether oxygens (including phenoxy) is 2. The Hall–Kier alpha value is -1.13. The number of esters is 1. The average molecular weight is 196 g/mol. The van der Waals surface area contributed by atoms with E-state index in [0.29, 0.717) is 5.57 Å². The van der Waals surface area contributed by atoms with Crippen molar-refractivity contribution in [2.24, 2.45) is 0 Å². The number of carbonyl (C=O) groups excluding carboxylic acids is 1. The Bertz CT molecular complexity index is 340. The van der Waals surface area contributed by atoms with E-state index in [4.69, 9.17) is 9.47 Å². The van der Waals surface area contributed by atoms with Crippen molar-refractivity contribution in [3.05, 3.63) is 23.8 Å². The highest BCUT2D eigenvalue weighted by molar-refractivity contribution is 5.85. The van der Waals surface area contributed by atoms with Gasteiger partial charge in [-0.05, 0) is 26.0 Å². The number of aliphatic hydroxyl groups excluding tert-OH is 1. The topological polar surface area (TPSA) is 55.8 Å². The van der Waals surface area contributed by atoms with Crippen LogP contribution in [0.5, 0.6) is 0 Å². The Morgan fingerprint density at radius 1 is 1.43 bits per heavy atom. The first-order valence-electron chi connectivity index (χ1n) is 4.43. The van der Waals surface area contributed by atoms with Gasteiger partial charge in [-0.2, -0.15) is 0 Å². The van der Waals surface area contributed by atoms with Gasteiger partial charge in [0.2, 0.25) is 0 Å². The fourth-order valence-corrected chi connectivity index (χ4v) is 1.76. The third-order valence-corrected chi connectivity index (χ3v) is 2.24. The zero-order chi connectivity index (χ0) is 10.4. The lowest BCUT2D eigenvalue weighted by atomic mass is 10.0. The van der Waals surface area contributed by atoms with E-state index in [9.17, 15) is 9.90 Å². The molecule has 0 aromatic carbocycles. The van der Waals surface area contributed by atoms with Gasteiger partial charge in [0.1, 0.15) is 6.61 Å². The second-order valence-electron chi connectivity index (χ2n) is 3.97. The molecular formula is C10H12O4. The number of aliphatic hydroxyl groups is 1. The van der Waals surface area contributed by atoms with Gasteiger partial charge in [-0.3, -0.25) is 0 Å². The molecule has 0 spiro atoms. The van der Waals surface area contributed by atoms with E-state index in [-0.39, 0.29) is 6.61 Å². The summed E-state index contributed by atoms with van der Waals surface area (Å²) in [5.74, 6) is -1.77. The Labute approximate surface area is 81.8 Å². The molecule has 2 heterocycles. The highest BCUT2D eigenvalue weighted by Crippen LogP contribution is 2.40. The molecular weight excluding hydrogens is 184 g/mol. The van der Waals surface area contributed by atoms with Crippen LogP contribution >= 0.6 is 0 Å². The standard InChI is InChI=1S/C10H12O4/c1-9(2)5-7-3-4-8(12)13-10(7,6-11)14-9/h3-5,11H,6H2,1-2H3. The van der Waals surface area contributed by atoms with E-state index in [1.165, 1.54) is 6.08 Å². The lowest BCUT2D eigenvalue weighted by Crippen LogP contribution is -2.44. The lowest BCUT2D eigenvalue weighted by Gasteiger charge is -2.32. The fraction of sp³-hybridized carbons (Fsp3) is 0.500. The first-order chi connectivity index (χ1) is 6.47. The summed E-state index contributed by atoms with van der Waals surface area (Å²) in [6.07, 6.45) is 4.79. The minimum Gasteiger partial charge on any atom is -0.423 e. The van der Waals surface area contributed by atoms with Gasteiger partial charge >= 0.3 is 5.97 Å². The summed E-state index contributed by atoms with van der Waals surface area (Å²) in [6.45, 7) is 3.33. The van der Waals surface area contributed by atoms with Gasteiger partial charge in [0.25, 0.3) is 5.79 Å². The van der Waals surface area contributed by atoms with Gasteiger partial charge in [-0.25, -0.2) is 4.79 Å². The average Bonchev–Trinajstić information content (AvgIpc) is 2.35. The van der Waals surface area contributed by atoms with Crippen LogP contribution in [0.3, 0.4) is 0 Å². The van der Waals surface area contributed by atoms with E-state index in [2.05, 4.69) is 0 Å². The predicted molar refractivity (Wildman–Crippen MR) is 48.3 cm³/mol. The van der Waals surface area contributed by atoms with Crippen LogP contribution in [0.15, 0.2) is 23.8 Å². The van der Waals surface area contributed by atoms with Gasteiger partial charge in [-0.15, -0.1) is 0 Å². The predicted octanol–water partition coefficient (Wildman–Crippen LogP) is 0.523. The molecule has 2 aliphatic rings. The molecule has 0 saturated carbocycles. The molecule has 2 aliphatic heterocycles. The second kappa shape index (κ2) is 2.68. The van der Waals surface area contributed by atoms with Crippen molar-refractivity contribution in [2.75, 3.05) is 6.61 Å². The molecule has 1 N–H and O–H groups in total. The zero-order valence-electron chi connectivity index (χ0n) is 8.11. The Kier molecular flexibility index (Phi) is 1.81. The SMILES string of the molecule is CC1(C)C=C2C=CC(=O)OC2(CO)O1. The van der Waals surface area contributed by atoms with Crippen LogP contribution in [-0.4, -0.2) is 29.1 Å². The Balaban J connectivity index is 2.42. The molecule has 1 atom stereocenters. The van der Waals surface area contributed by atoms with E-state index in [1.54, 1.807) is 6.08 Å². The van der Waals surface area contributed by atoms with Gasteiger partial charge < -0.3 is 14.6 Å². The van der Waals surface area contributed by atoms with Crippen LogP contribution in [-0.2, 0) is 14.3 Å². The van der Waals surface area contributed by atoms with Gasteiger partial charge in [-0.1, -0.05) is 0 Å². The minimum atomic E-state index is -1.28. The molecule has 2 rings (SSSR count). The summed E-state index contributed by atoms with van der Waals surface area (Å²) < 4.78 is 10.5. The number of fused-ring (bicyclic) bond motifs is 1. The molecule has 14 heavy (non-hydrogen) atoms.